The molecule has 0 unspecified atom stereocenters. The first-order valence-corrected chi connectivity index (χ1v) is 11.1. The lowest BCUT2D eigenvalue weighted by Gasteiger charge is -2.34. The molecule has 21 heavy (non-hydrogen) atoms. The number of rotatable bonds is 6. The van der Waals surface area contributed by atoms with E-state index in [1.54, 1.807) is 0 Å². The standard InChI is InChI=1S/C18H30O2Si/c1-18(2,3)17(19)16(21(4,5)6)12-13-20-14-15-10-8-7-9-11-15/h7-12,17,19H,13-14H2,1-6H3/b16-12-/t17-/m1/s1. The van der Waals surface area contributed by atoms with Crippen LogP contribution >= 0.6 is 0 Å². The van der Waals surface area contributed by atoms with Crippen LogP contribution in [0.4, 0.5) is 0 Å². The molecule has 1 aromatic rings. The molecule has 0 aliphatic carbocycles. The number of benzene rings is 1. The van der Waals surface area contributed by atoms with Gasteiger partial charge < -0.3 is 9.84 Å². The quantitative estimate of drug-likeness (QED) is 0.623. The van der Waals surface area contributed by atoms with Gasteiger partial charge in [0, 0.05) is 0 Å². The van der Waals surface area contributed by atoms with Crippen LogP contribution in [0.1, 0.15) is 26.3 Å². The first-order chi connectivity index (χ1) is 9.62. The van der Waals surface area contributed by atoms with E-state index in [2.05, 4.69) is 58.6 Å². The van der Waals surface area contributed by atoms with Gasteiger partial charge in [0.25, 0.3) is 0 Å². The van der Waals surface area contributed by atoms with Crippen LogP contribution in [0.25, 0.3) is 0 Å². The van der Waals surface area contributed by atoms with Crippen molar-refractivity contribution in [3.05, 3.63) is 47.2 Å². The highest BCUT2D eigenvalue weighted by Gasteiger charge is 2.32. The van der Waals surface area contributed by atoms with Crippen LogP contribution in [0, 0.1) is 5.41 Å². The molecule has 0 heterocycles. The van der Waals surface area contributed by atoms with Crippen molar-refractivity contribution in [2.24, 2.45) is 5.41 Å². The Bertz CT molecular complexity index is 452. The molecule has 0 aromatic heterocycles. The van der Waals surface area contributed by atoms with Crippen molar-refractivity contribution in [2.75, 3.05) is 6.61 Å². The second kappa shape index (κ2) is 7.39. The summed E-state index contributed by atoms with van der Waals surface area (Å²) in [7, 11) is -1.56. The van der Waals surface area contributed by atoms with E-state index in [9.17, 15) is 5.11 Å². The molecule has 0 saturated heterocycles. The summed E-state index contributed by atoms with van der Waals surface area (Å²) in [6.07, 6.45) is 1.70. The molecule has 0 bridgehead atoms. The molecule has 0 fully saturated rings. The molecule has 0 radical (unpaired) electrons. The molecule has 1 N–H and O–H groups in total. The van der Waals surface area contributed by atoms with Crippen LogP contribution in [0.15, 0.2) is 41.6 Å². The van der Waals surface area contributed by atoms with Crippen LogP contribution in [0.2, 0.25) is 19.6 Å². The first kappa shape index (κ1) is 18.1. The Morgan fingerprint density at radius 3 is 2.24 bits per heavy atom. The number of ether oxygens (including phenoxy) is 1. The highest BCUT2D eigenvalue weighted by Crippen LogP contribution is 2.30. The predicted molar refractivity (Wildman–Crippen MR) is 93.0 cm³/mol. The number of aliphatic hydroxyl groups excluding tert-OH is 1. The summed E-state index contributed by atoms with van der Waals surface area (Å²) in [6, 6.07) is 10.2. The average molecular weight is 307 g/mol. The minimum Gasteiger partial charge on any atom is -0.389 e. The van der Waals surface area contributed by atoms with Crippen molar-refractivity contribution in [1.29, 1.82) is 0 Å². The molecule has 0 saturated carbocycles. The van der Waals surface area contributed by atoms with E-state index in [-0.39, 0.29) is 5.41 Å². The smallest absolute Gasteiger partial charge is 0.0764 e. The summed E-state index contributed by atoms with van der Waals surface area (Å²) in [5, 5.41) is 11.8. The molecule has 1 aromatic carbocycles. The van der Waals surface area contributed by atoms with E-state index >= 15 is 0 Å². The van der Waals surface area contributed by atoms with Crippen molar-refractivity contribution in [3.63, 3.8) is 0 Å². The lowest BCUT2D eigenvalue weighted by atomic mass is 9.89. The summed E-state index contributed by atoms with van der Waals surface area (Å²) in [5.74, 6) is 0. The molecular formula is C18H30O2Si. The van der Waals surface area contributed by atoms with Gasteiger partial charge in [0.15, 0.2) is 0 Å². The van der Waals surface area contributed by atoms with Crippen LogP contribution in [-0.2, 0) is 11.3 Å². The molecule has 1 atom stereocenters. The summed E-state index contributed by atoms with van der Waals surface area (Å²) in [5.41, 5.74) is 1.04. The van der Waals surface area contributed by atoms with E-state index in [0.29, 0.717) is 13.2 Å². The zero-order valence-corrected chi connectivity index (χ0v) is 15.3. The fraction of sp³-hybridized carbons (Fsp3) is 0.556. The van der Waals surface area contributed by atoms with E-state index in [4.69, 9.17) is 4.74 Å². The zero-order valence-electron chi connectivity index (χ0n) is 14.3. The molecule has 0 spiro atoms. The van der Waals surface area contributed by atoms with E-state index in [1.165, 1.54) is 10.8 Å². The molecule has 0 amide bonds. The Balaban J connectivity index is 2.68. The Morgan fingerprint density at radius 2 is 1.76 bits per heavy atom. The van der Waals surface area contributed by atoms with E-state index in [1.807, 2.05) is 18.2 Å². The predicted octanol–water partition coefficient (Wildman–Crippen LogP) is 4.41. The van der Waals surface area contributed by atoms with Crippen molar-refractivity contribution in [3.8, 4) is 0 Å². The third kappa shape index (κ3) is 6.16. The Kier molecular flexibility index (Phi) is 6.38. The fourth-order valence-corrected chi connectivity index (χ4v) is 4.14. The molecule has 118 valence electrons. The van der Waals surface area contributed by atoms with Gasteiger partial charge in [-0.25, -0.2) is 0 Å². The Hall–Kier alpha value is -0.903. The average Bonchev–Trinajstić information content (AvgIpc) is 2.36. The Labute approximate surface area is 130 Å². The number of aliphatic hydroxyl groups is 1. The van der Waals surface area contributed by atoms with Gasteiger partial charge in [0.05, 0.1) is 27.4 Å². The second-order valence-electron chi connectivity index (χ2n) is 7.68. The molecular weight excluding hydrogens is 276 g/mol. The minimum atomic E-state index is -1.56. The van der Waals surface area contributed by atoms with Crippen molar-refractivity contribution < 1.29 is 9.84 Å². The van der Waals surface area contributed by atoms with Crippen molar-refractivity contribution in [1.82, 2.24) is 0 Å². The number of hydrogen-bond donors (Lipinski definition) is 1. The van der Waals surface area contributed by atoms with Crippen molar-refractivity contribution in [2.45, 2.75) is 53.1 Å². The monoisotopic (exact) mass is 306 g/mol. The van der Waals surface area contributed by atoms with Gasteiger partial charge in [0.2, 0.25) is 0 Å². The van der Waals surface area contributed by atoms with Gasteiger partial charge in [-0.3, -0.25) is 0 Å². The van der Waals surface area contributed by atoms with Gasteiger partial charge in [-0.05, 0) is 11.0 Å². The SMILES string of the molecule is CC(C)(C)[C@H](O)/C(=C/COCc1ccccc1)[Si](C)(C)C. The first-order valence-electron chi connectivity index (χ1n) is 7.62. The van der Waals surface area contributed by atoms with Crippen LogP contribution < -0.4 is 0 Å². The topological polar surface area (TPSA) is 29.5 Å². The van der Waals surface area contributed by atoms with Gasteiger partial charge in [0.1, 0.15) is 0 Å². The summed E-state index contributed by atoms with van der Waals surface area (Å²) in [4.78, 5) is 0. The van der Waals surface area contributed by atoms with Gasteiger partial charge in [-0.15, -0.1) is 0 Å². The fourth-order valence-electron chi connectivity index (χ4n) is 2.19. The molecule has 1 rings (SSSR count). The third-order valence-corrected chi connectivity index (χ3v) is 5.72. The van der Waals surface area contributed by atoms with Gasteiger partial charge >= 0.3 is 0 Å². The van der Waals surface area contributed by atoms with Crippen LogP contribution in [0.5, 0.6) is 0 Å². The summed E-state index contributed by atoms with van der Waals surface area (Å²) >= 11 is 0. The molecule has 0 aliphatic rings. The lowest BCUT2D eigenvalue weighted by Crippen LogP contribution is -2.39. The zero-order chi connectivity index (χ0) is 16.1. The number of hydrogen-bond acceptors (Lipinski definition) is 2. The van der Waals surface area contributed by atoms with E-state index < -0.39 is 14.2 Å². The van der Waals surface area contributed by atoms with Gasteiger partial charge in [-0.2, -0.15) is 0 Å². The molecule has 2 nitrogen and oxygen atoms in total. The Morgan fingerprint density at radius 1 is 1.19 bits per heavy atom. The van der Waals surface area contributed by atoms with E-state index in [0.717, 1.165) is 0 Å². The highest BCUT2D eigenvalue weighted by molar-refractivity contribution is 6.83. The third-order valence-electron chi connectivity index (χ3n) is 3.51. The normalized spacial score (nSPS) is 15.1. The maximum absolute atomic E-state index is 10.6. The molecule has 3 heteroatoms. The lowest BCUT2D eigenvalue weighted by molar-refractivity contribution is 0.0975. The van der Waals surface area contributed by atoms with Crippen LogP contribution in [0.3, 0.4) is 0 Å². The summed E-state index contributed by atoms with van der Waals surface area (Å²) < 4.78 is 5.74. The maximum Gasteiger partial charge on any atom is 0.0764 e. The largest absolute Gasteiger partial charge is 0.389 e. The second-order valence-corrected chi connectivity index (χ2v) is 12.8. The minimum absolute atomic E-state index is 0.133. The van der Waals surface area contributed by atoms with Crippen molar-refractivity contribution >= 4 is 8.07 Å². The van der Waals surface area contributed by atoms with Crippen LogP contribution in [-0.4, -0.2) is 25.9 Å². The summed E-state index contributed by atoms with van der Waals surface area (Å²) in [6.45, 7) is 14.2. The van der Waals surface area contributed by atoms with Gasteiger partial charge in [-0.1, -0.05) is 82.0 Å². The molecule has 0 aliphatic heterocycles. The highest BCUT2D eigenvalue weighted by atomic mass is 28.3. The maximum atomic E-state index is 10.6.